The molecule has 0 atom stereocenters. The molecule has 0 aliphatic heterocycles. The van der Waals surface area contributed by atoms with Gasteiger partial charge in [0.1, 0.15) is 0 Å². The molecule has 1 N–H and O–H groups in total. The van der Waals surface area contributed by atoms with Crippen molar-refractivity contribution < 1.29 is 9.90 Å². The number of halogens is 1. The van der Waals surface area contributed by atoms with E-state index >= 15 is 0 Å². The average molecular weight is 316 g/mol. The van der Waals surface area contributed by atoms with Crippen LogP contribution in [0.3, 0.4) is 0 Å². The van der Waals surface area contributed by atoms with Crippen molar-refractivity contribution in [1.82, 2.24) is 19.1 Å². The fourth-order valence-corrected chi connectivity index (χ4v) is 2.14. The molecule has 0 fully saturated rings. The molecule has 2 heterocycles. The molecule has 96 valence electrons. The van der Waals surface area contributed by atoms with Gasteiger partial charge in [-0.3, -0.25) is 14.3 Å². The van der Waals surface area contributed by atoms with E-state index in [0.717, 1.165) is 0 Å². The zero-order valence-electron chi connectivity index (χ0n) is 9.27. The van der Waals surface area contributed by atoms with Crippen LogP contribution in [0.5, 0.6) is 0 Å². The Morgan fingerprint density at radius 1 is 1.50 bits per heavy atom. The fraction of sp³-hybridized carbons (Fsp3) is 0.333. The largest absolute Gasteiger partial charge is 0.550 e. The molecular weight excluding hydrogens is 308 g/mol. The number of aromatic amines is 1. The minimum absolute atomic E-state index is 0.0285. The highest BCUT2D eigenvalue weighted by molar-refractivity contribution is 9.10. The van der Waals surface area contributed by atoms with E-state index in [0.29, 0.717) is 0 Å². The van der Waals surface area contributed by atoms with Gasteiger partial charge in [-0.15, -0.1) is 0 Å². The lowest BCUT2D eigenvalue weighted by atomic mass is 10.4. The molecule has 0 saturated heterocycles. The van der Waals surface area contributed by atoms with E-state index in [2.05, 4.69) is 25.9 Å². The second kappa shape index (κ2) is 4.41. The van der Waals surface area contributed by atoms with Crippen molar-refractivity contribution in [2.45, 2.75) is 13.0 Å². The summed E-state index contributed by atoms with van der Waals surface area (Å²) < 4.78 is 2.84. The first-order chi connectivity index (χ1) is 8.41. The second-order valence-electron chi connectivity index (χ2n) is 3.64. The normalized spacial score (nSPS) is 11.0. The molecule has 0 aliphatic rings. The highest BCUT2D eigenvalue weighted by Crippen LogP contribution is 2.16. The summed E-state index contributed by atoms with van der Waals surface area (Å²) >= 11 is 3.12. The quantitative estimate of drug-likeness (QED) is 0.680. The lowest BCUT2D eigenvalue weighted by Gasteiger charge is -2.05. The number of nitrogens with one attached hydrogen (secondary N) is 1. The number of carboxylic acid groups (broad SMARTS) is 1. The molecule has 0 spiro atoms. The molecule has 2 aromatic rings. The van der Waals surface area contributed by atoms with Gasteiger partial charge in [0, 0.05) is 26.0 Å². The van der Waals surface area contributed by atoms with Crippen LogP contribution in [0.25, 0.3) is 11.2 Å². The third-order valence-electron chi connectivity index (χ3n) is 2.50. The van der Waals surface area contributed by atoms with E-state index in [1.54, 1.807) is 0 Å². The van der Waals surface area contributed by atoms with Gasteiger partial charge in [0.15, 0.2) is 15.9 Å². The molecule has 2 rings (SSSR count). The summed E-state index contributed by atoms with van der Waals surface area (Å²) in [6.07, 6.45) is -0.258. The summed E-state index contributed by atoms with van der Waals surface area (Å²) in [6, 6.07) is 0. The number of aliphatic carboxylic acids is 1. The van der Waals surface area contributed by atoms with Crippen molar-refractivity contribution >= 4 is 33.1 Å². The third-order valence-corrected chi connectivity index (χ3v) is 3.11. The number of carboxylic acids is 1. The van der Waals surface area contributed by atoms with Gasteiger partial charge in [-0.25, -0.2) is 9.78 Å². The van der Waals surface area contributed by atoms with E-state index in [4.69, 9.17) is 0 Å². The Bertz CT molecular complexity index is 741. The summed E-state index contributed by atoms with van der Waals surface area (Å²) in [5, 5.41) is 10.4. The van der Waals surface area contributed by atoms with Crippen molar-refractivity contribution in [3.8, 4) is 0 Å². The number of fused-ring (bicyclic) bond motifs is 1. The molecule has 0 saturated carbocycles. The zero-order chi connectivity index (χ0) is 13.4. The summed E-state index contributed by atoms with van der Waals surface area (Å²) in [6.45, 7) is 0.0285. The number of imidazole rings is 1. The topological polar surface area (TPSA) is 113 Å². The number of carbonyl (C=O) groups excluding carboxylic acids is 1. The molecule has 0 aromatic carbocycles. The van der Waals surface area contributed by atoms with Crippen molar-refractivity contribution in [3.63, 3.8) is 0 Å². The van der Waals surface area contributed by atoms with Crippen molar-refractivity contribution in [1.29, 1.82) is 0 Å². The number of hydrogen-bond donors (Lipinski definition) is 1. The van der Waals surface area contributed by atoms with Crippen LogP contribution in [0.15, 0.2) is 14.3 Å². The first-order valence-corrected chi connectivity index (χ1v) is 5.76. The summed E-state index contributed by atoms with van der Waals surface area (Å²) in [5.41, 5.74) is -0.853. The van der Waals surface area contributed by atoms with E-state index in [1.165, 1.54) is 16.2 Å². The average Bonchev–Trinajstić information content (AvgIpc) is 2.61. The predicted molar refractivity (Wildman–Crippen MR) is 62.9 cm³/mol. The van der Waals surface area contributed by atoms with Crippen LogP contribution in [0.4, 0.5) is 0 Å². The number of rotatable bonds is 3. The summed E-state index contributed by atoms with van der Waals surface area (Å²) in [4.78, 5) is 39.7. The number of aromatic nitrogens is 4. The third kappa shape index (κ3) is 1.96. The lowest BCUT2D eigenvalue weighted by molar-refractivity contribution is -0.305. The van der Waals surface area contributed by atoms with Gasteiger partial charge >= 0.3 is 5.69 Å². The summed E-state index contributed by atoms with van der Waals surface area (Å²) in [7, 11) is 1.46. The smallest absolute Gasteiger partial charge is 0.329 e. The standard InChI is InChI=1S/C9H9BrN4O4/c1-13-6-5(7(17)12-9(13)18)14(8(10)11-6)3-2-4(15)16/h2-3H2,1H3,(H,15,16)(H,12,17,18)/p-1. The van der Waals surface area contributed by atoms with Gasteiger partial charge in [0.2, 0.25) is 0 Å². The van der Waals surface area contributed by atoms with Crippen LogP contribution in [0, 0.1) is 0 Å². The van der Waals surface area contributed by atoms with E-state index < -0.39 is 17.2 Å². The first-order valence-electron chi connectivity index (χ1n) is 4.96. The fourth-order valence-electron chi connectivity index (χ4n) is 1.62. The van der Waals surface area contributed by atoms with Gasteiger partial charge in [-0.2, -0.15) is 0 Å². The minimum Gasteiger partial charge on any atom is -0.550 e. The Hall–Kier alpha value is -1.90. The van der Waals surface area contributed by atoms with E-state index in [-0.39, 0.29) is 28.9 Å². The Morgan fingerprint density at radius 3 is 2.78 bits per heavy atom. The number of hydrogen-bond acceptors (Lipinski definition) is 5. The monoisotopic (exact) mass is 315 g/mol. The maximum atomic E-state index is 11.7. The van der Waals surface area contributed by atoms with Gasteiger partial charge in [-0.05, 0) is 15.9 Å². The van der Waals surface area contributed by atoms with Gasteiger partial charge in [0.25, 0.3) is 5.56 Å². The maximum Gasteiger partial charge on any atom is 0.329 e. The Kier molecular flexibility index (Phi) is 3.07. The Balaban J connectivity index is 2.71. The van der Waals surface area contributed by atoms with Crippen LogP contribution in [0.2, 0.25) is 0 Å². The molecule has 0 bridgehead atoms. The first kappa shape index (κ1) is 12.6. The van der Waals surface area contributed by atoms with Crippen molar-refractivity contribution in [3.05, 3.63) is 25.6 Å². The highest BCUT2D eigenvalue weighted by atomic mass is 79.9. The van der Waals surface area contributed by atoms with Crippen LogP contribution in [0.1, 0.15) is 6.42 Å². The second-order valence-corrected chi connectivity index (χ2v) is 4.35. The van der Waals surface area contributed by atoms with Crippen molar-refractivity contribution in [2.75, 3.05) is 0 Å². The van der Waals surface area contributed by atoms with E-state index in [1.807, 2.05) is 0 Å². The van der Waals surface area contributed by atoms with Crippen LogP contribution < -0.4 is 16.4 Å². The molecule has 18 heavy (non-hydrogen) atoms. The minimum atomic E-state index is -1.23. The number of H-pyrrole nitrogens is 1. The molecule has 0 amide bonds. The lowest BCUT2D eigenvalue weighted by Crippen LogP contribution is -2.29. The molecule has 0 radical (unpaired) electrons. The van der Waals surface area contributed by atoms with Gasteiger partial charge in [-0.1, -0.05) is 0 Å². The Labute approximate surface area is 108 Å². The number of carbonyl (C=O) groups is 1. The molecule has 9 heteroatoms. The summed E-state index contributed by atoms with van der Waals surface area (Å²) in [5.74, 6) is -1.23. The predicted octanol–water partition coefficient (Wildman–Crippen LogP) is -1.67. The van der Waals surface area contributed by atoms with Gasteiger partial charge in [0.05, 0.1) is 0 Å². The number of aryl methyl sites for hydroxylation is 2. The zero-order valence-corrected chi connectivity index (χ0v) is 10.9. The highest BCUT2D eigenvalue weighted by Gasteiger charge is 2.15. The van der Waals surface area contributed by atoms with Crippen LogP contribution in [-0.4, -0.2) is 25.1 Å². The molecule has 0 unspecified atom stereocenters. The number of nitrogens with zero attached hydrogens (tertiary/aromatic N) is 3. The van der Waals surface area contributed by atoms with Crippen LogP contribution >= 0.6 is 15.9 Å². The van der Waals surface area contributed by atoms with Gasteiger partial charge < -0.3 is 14.5 Å². The molecular formula is C9H8BrN4O4-. The Morgan fingerprint density at radius 2 is 2.17 bits per heavy atom. The van der Waals surface area contributed by atoms with Crippen molar-refractivity contribution in [2.24, 2.45) is 7.05 Å². The van der Waals surface area contributed by atoms with E-state index in [9.17, 15) is 19.5 Å². The van der Waals surface area contributed by atoms with Crippen LogP contribution in [-0.2, 0) is 18.4 Å². The SMILES string of the molecule is Cn1c(=O)[nH]c(=O)c2c1nc(Br)n2CCC(=O)[O-]. The molecule has 0 aliphatic carbocycles. The maximum absolute atomic E-state index is 11.7. The molecule has 2 aromatic heterocycles. The molecule has 8 nitrogen and oxygen atoms in total.